The van der Waals surface area contributed by atoms with Crippen molar-refractivity contribution in [2.75, 3.05) is 26.0 Å². The molecule has 0 heterocycles. The maximum atomic E-state index is 11.7. The Labute approximate surface area is 205 Å². The van der Waals surface area contributed by atoms with Crippen LogP contribution < -0.4 is 20.5 Å². The van der Waals surface area contributed by atoms with Crippen LogP contribution in [0.1, 0.15) is 5.56 Å². The summed E-state index contributed by atoms with van der Waals surface area (Å²) in [5, 5.41) is 3.07. The van der Waals surface area contributed by atoms with Gasteiger partial charge in [-0.05, 0) is 42.0 Å². The van der Waals surface area contributed by atoms with E-state index in [0.29, 0.717) is 18.0 Å². The number of carbonyl (C=O) groups excluding carboxylic acids is 1. The molecule has 8 heteroatoms. The highest BCUT2D eigenvalue weighted by molar-refractivity contribution is 14.0. The molecule has 0 spiro atoms. The van der Waals surface area contributed by atoms with Crippen molar-refractivity contribution in [2.24, 2.45) is 10.7 Å². The van der Waals surface area contributed by atoms with Gasteiger partial charge < -0.3 is 25.4 Å². The predicted octanol–water partition coefficient (Wildman–Crippen LogP) is 4.49. The molecule has 0 atom stereocenters. The Morgan fingerprint density at radius 2 is 1.62 bits per heavy atom. The van der Waals surface area contributed by atoms with Crippen LogP contribution in [0.25, 0.3) is 0 Å². The van der Waals surface area contributed by atoms with Gasteiger partial charge in [-0.1, -0.05) is 36.4 Å². The average Bonchev–Trinajstić information content (AvgIpc) is 2.77. The molecule has 3 aromatic carbocycles. The summed E-state index contributed by atoms with van der Waals surface area (Å²) >= 11 is 0. The van der Waals surface area contributed by atoms with Gasteiger partial charge in [0.25, 0.3) is 5.91 Å². The number of carbonyl (C=O) groups is 1. The fourth-order valence-corrected chi connectivity index (χ4v) is 2.63. The zero-order valence-electron chi connectivity index (χ0n) is 18.0. The molecule has 3 rings (SSSR count). The van der Waals surface area contributed by atoms with Gasteiger partial charge in [0.05, 0.1) is 6.54 Å². The predicted molar refractivity (Wildman–Crippen MR) is 138 cm³/mol. The number of nitrogens with two attached hydrogens (primary N) is 1. The number of hydrogen-bond acceptors (Lipinski definition) is 4. The number of nitrogens with one attached hydrogen (secondary N) is 1. The molecule has 7 nitrogen and oxygen atoms in total. The van der Waals surface area contributed by atoms with Gasteiger partial charge in [-0.2, -0.15) is 0 Å². The van der Waals surface area contributed by atoms with Crippen LogP contribution in [0.2, 0.25) is 0 Å². The minimum atomic E-state index is -0.102. The molecular weight excluding hydrogens is 519 g/mol. The third-order valence-corrected chi connectivity index (χ3v) is 4.28. The summed E-state index contributed by atoms with van der Waals surface area (Å²) in [5.41, 5.74) is 7.73. The third kappa shape index (κ3) is 8.10. The highest BCUT2D eigenvalue weighted by atomic mass is 127. The van der Waals surface area contributed by atoms with Crippen molar-refractivity contribution >= 4 is 41.5 Å². The van der Waals surface area contributed by atoms with Crippen LogP contribution in [0.3, 0.4) is 0 Å². The van der Waals surface area contributed by atoms with E-state index in [1.807, 2.05) is 72.8 Å². The van der Waals surface area contributed by atoms with Crippen LogP contribution in [-0.2, 0) is 11.3 Å². The van der Waals surface area contributed by atoms with E-state index in [4.69, 9.17) is 15.2 Å². The number of ether oxygens (including phenoxy) is 2. The molecule has 0 saturated carbocycles. The Morgan fingerprint density at radius 1 is 0.938 bits per heavy atom. The second-order valence-corrected chi connectivity index (χ2v) is 6.99. The molecule has 168 valence electrons. The lowest BCUT2D eigenvalue weighted by atomic mass is 10.2. The molecule has 0 saturated heterocycles. The lowest BCUT2D eigenvalue weighted by Gasteiger charge is -2.12. The quantitative estimate of drug-likeness (QED) is 0.247. The van der Waals surface area contributed by atoms with E-state index in [9.17, 15) is 4.79 Å². The summed E-state index contributed by atoms with van der Waals surface area (Å²) in [7, 11) is 3.38. The average molecular weight is 546 g/mol. The van der Waals surface area contributed by atoms with Crippen LogP contribution in [-0.4, -0.2) is 37.5 Å². The first kappa shape index (κ1) is 25.0. The minimum absolute atomic E-state index is 0. The van der Waals surface area contributed by atoms with Crippen LogP contribution in [0.4, 0.5) is 5.69 Å². The fourth-order valence-electron chi connectivity index (χ4n) is 2.63. The monoisotopic (exact) mass is 546 g/mol. The fraction of sp³-hybridized carbons (Fsp3) is 0.167. The highest BCUT2D eigenvalue weighted by Gasteiger charge is 2.05. The van der Waals surface area contributed by atoms with Gasteiger partial charge in [-0.15, -0.1) is 24.0 Å². The molecule has 3 N–H and O–H groups in total. The zero-order valence-corrected chi connectivity index (χ0v) is 20.4. The lowest BCUT2D eigenvalue weighted by Crippen LogP contribution is -2.27. The van der Waals surface area contributed by atoms with E-state index in [-0.39, 0.29) is 42.5 Å². The number of halogens is 1. The zero-order chi connectivity index (χ0) is 22.1. The van der Waals surface area contributed by atoms with Crippen molar-refractivity contribution in [3.63, 3.8) is 0 Å². The molecule has 0 aliphatic carbocycles. The van der Waals surface area contributed by atoms with Gasteiger partial charge >= 0.3 is 0 Å². The number of benzene rings is 3. The van der Waals surface area contributed by atoms with Gasteiger partial charge in [-0.25, -0.2) is 4.99 Å². The van der Waals surface area contributed by atoms with Gasteiger partial charge in [0.15, 0.2) is 12.6 Å². The second-order valence-electron chi connectivity index (χ2n) is 6.99. The normalized spacial score (nSPS) is 10.6. The second kappa shape index (κ2) is 12.6. The van der Waals surface area contributed by atoms with E-state index >= 15 is 0 Å². The van der Waals surface area contributed by atoms with Crippen molar-refractivity contribution in [1.82, 2.24) is 4.90 Å². The molecule has 32 heavy (non-hydrogen) atoms. The molecule has 3 aromatic rings. The van der Waals surface area contributed by atoms with Crippen molar-refractivity contribution in [2.45, 2.75) is 6.54 Å². The first-order chi connectivity index (χ1) is 15.0. The summed E-state index contributed by atoms with van der Waals surface area (Å²) in [6.07, 6.45) is 0. The number of likely N-dealkylation sites (N-methyl/N-ethyl adjacent to an activating group) is 1. The molecule has 0 aliphatic rings. The summed E-state index contributed by atoms with van der Waals surface area (Å²) in [6, 6.07) is 24.5. The lowest BCUT2D eigenvalue weighted by molar-refractivity contribution is -0.130. The van der Waals surface area contributed by atoms with E-state index in [1.165, 1.54) is 4.90 Å². The SMILES string of the molecule is CN(C)C(=O)COc1cccc(CN=C(N)Nc2cccc(Oc3ccccc3)c2)c1.I. The van der Waals surface area contributed by atoms with Crippen LogP contribution in [0.15, 0.2) is 83.9 Å². The Hall–Kier alpha value is -3.27. The topological polar surface area (TPSA) is 89.2 Å². The summed E-state index contributed by atoms with van der Waals surface area (Å²) in [4.78, 5) is 17.5. The van der Waals surface area contributed by atoms with E-state index in [2.05, 4.69) is 10.3 Å². The summed E-state index contributed by atoms with van der Waals surface area (Å²) < 4.78 is 11.4. The maximum absolute atomic E-state index is 11.7. The number of amides is 1. The minimum Gasteiger partial charge on any atom is -0.484 e. The molecule has 0 unspecified atom stereocenters. The Kier molecular flexibility index (Phi) is 9.80. The third-order valence-electron chi connectivity index (χ3n) is 4.28. The number of guanidine groups is 1. The first-order valence-electron chi connectivity index (χ1n) is 9.81. The molecule has 0 fully saturated rings. The van der Waals surface area contributed by atoms with E-state index in [1.54, 1.807) is 20.2 Å². The first-order valence-corrected chi connectivity index (χ1v) is 9.81. The van der Waals surface area contributed by atoms with Gasteiger partial charge in [0.1, 0.15) is 17.2 Å². The number of rotatable bonds is 8. The summed E-state index contributed by atoms with van der Waals surface area (Å²) in [5.74, 6) is 2.25. The maximum Gasteiger partial charge on any atom is 0.259 e. The number of para-hydroxylation sites is 1. The largest absolute Gasteiger partial charge is 0.484 e. The standard InChI is InChI=1S/C24H26N4O3.HI/c1-28(2)23(29)17-30-21-12-6-8-18(14-21)16-26-24(25)27-19-9-7-13-22(15-19)31-20-10-4-3-5-11-20;/h3-15H,16-17H2,1-2H3,(H3,25,26,27);1H. The highest BCUT2D eigenvalue weighted by Crippen LogP contribution is 2.23. The molecular formula is C24H27IN4O3. The van der Waals surface area contributed by atoms with Crippen molar-refractivity contribution in [3.8, 4) is 17.2 Å². The van der Waals surface area contributed by atoms with E-state index in [0.717, 1.165) is 17.0 Å². The van der Waals surface area contributed by atoms with Gasteiger partial charge in [0.2, 0.25) is 0 Å². The van der Waals surface area contributed by atoms with Crippen LogP contribution >= 0.6 is 24.0 Å². The van der Waals surface area contributed by atoms with Crippen molar-refractivity contribution in [1.29, 1.82) is 0 Å². The molecule has 0 aromatic heterocycles. The van der Waals surface area contributed by atoms with Crippen molar-refractivity contribution in [3.05, 3.63) is 84.4 Å². The Morgan fingerprint density at radius 3 is 2.38 bits per heavy atom. The Balaban J connectivity index is 0.00000363. The van der Waals surface area contributed by atoms with Crippen LogP contribution in [0.5, 0.6) is 17.2 Å². The molecule has 0 aliphatic heterocycles. The number of aliphatic imine (C=N–C) groups is 1. The molecule has 0 radical (unpaired) electrons. The van der Waals surface area contributed by atoms with E-state index < -0.39 is 0 Å². The van der Waals surface area contributed by atoms with Crippen molar-refractivity contribution < 1.29 is 14.3 Å². The number of anilines is 1. The number of nitrogens with zero attached hydrogens (tertiary/aromatic N) is 2. The molecule has 0 bridgehead atoms. The van der Waals surface area contributed by atoms with Gasteiger partial charge in [0, 0.05) is 25.8 Å². The smallest absolute Gasteiger partial charge is 0.259 e. The number of hydrogen-bond donors (Lipinski definition) is 2. The summed E-state index contributed by atoms with van der Waals surface area (Å²) in [6.45, 7) is 0.364. The molecule has 1 amide bonds. The Bertz CT molecular complexity index is 1040. The van der Waals surface area contributed by atoms with Crippen LogP contribution in [0, 0.1) is 0 Å². The van der Waals surface area contributed by atoms with Gasteiger partial charge in [-0.3, -0.25) is 4.79 Å².